The Labute approximate surface area is 135 Å². The van der Waals surface area contributed by atoms with Crippen LogP contribution in [-0.4, -0.2) is 43.9 Å². The van der Waals surface area contributed by atoms with E-state index in [1.54, 1.807) is 0 Å². The maximum atomic E-state index is 12.3. The molecule has 0 fully saturated rings. The highest BCUT2D eigenvalue weighted by atomic mass is 79.9. The van der Waals surface area contributed by atoms with Crippen LogP contribution in [0.3, 0.4) is 0 Å². The third-order valence-corrected chi connectivity index (χ3v) is 4.75. The highest BCUT2D eigenvalue weighted by molar-refractivity contribution is 9.10. The van der Waals surface area contributed by atoms with E-state index in [4.69, 9.17) is 21.4 Å². The van der Waals surface area contributed by atoms with E-state index < -0.39 is 28.1 Å². The number of halogens is 2. The van der Waals surface area contributed by atoms with Gasteiger partial charge < -0.3 is 14.9 Å². The number of sulfonamides is 1. The molecule has 0 heterocycles. The number of aliphatic hydroxyl groups is 1. The Morgan fingerprint density at radius 1 is 1.48 bits per heavy atom. The minimum absolute atomic E-state index is 0.0263. The molecule has 0 amide bonds. The number of benzene rings is 1. The fourth-order valence-electron chi connectivity index (χ4n) is 1.52. The first-order valence-electron chi connectivity index (χ1n) is 5.56. The summed E-state index contributed by atoms with van der Waals surface area (Å²) in [6.07, 6.45) is -1.43. The normalized spacial score (nSPS) is 14.5. The number of carbonyl (C=O) groups is 1. The summed E-state index contributed by atoms with van der Waals surface area (Å²) in [6, 6.07) is 0.856. The van der Waals surface area contributed by atoms with Crippen molar-refractivity contribution in [3.8, 4) is 5.75 Å². The number of hydrogen-bond acceptors (Lipinski definition) is 5. The SMILES string of the molecule is COc1c(Br)cc(Cl)cc1S(=O)(=O)NC(C(=O)O)C(C)O. The van der Waals surface area contributed by atoms with Crippen LogP contribution in [0.5, 0.6) is 5.75 Å². The molecule has 10 heteroatoms. The first-order valence-corrected chi connectivity index (χ1v) is 8.21. The van der Waals surface area contributed by atoms with Gasteiger partial charge in [0.05, 0.1) is 17.7 Å². The third kappa shape index (κ3) is 4.30. The zero-order valence-corrected chi connectivity index (χ0v) is 14.2. The molecule has 0 radical (unpaired) electrons. The van der Waals surface area contributed by atoms with Gasteiger partial charge in [-0.3, -0.25) is 4.79 Å². The molecule has 1 rings (SSSR count). The number of methoxy groups -OCH3 is 1. The highest BCUT2D eigenvalue weighted by Crippen LogP contribution is 2.35. The minimum atomic E-state index is -4.27. The van der Waals surface area contributed by atoms with Crippen LogP contribution in [0.25, 0.3) is 0 Å². The summed E-state index contributed by atoms with van der Waals surface area (Å²) < 4.78 is 31.8. The molecule has 3 N–H and O–H groups in total. The predicted molar refractivity (Wildman–Crippen MR) is 79.1 cm³/mol. The van der Waals surface area contributed by atoms with Gasteiger partial charge in [0.15, 0.2) is 5.75 Å². The topological polar surface area (TPSA) is 113 Å². The lowest BCUT2D eigenvalue weighted by Crippen LogP contribution is -2.47. The van der Waals surface area contributed by atoms with Crippen molar-refractivity contribution in [3.05, 3.63) is 21.6 Å². The molecule has 0 saturated heterocycles. The largest absolute Gasteiger partial charge is 0.494 e. The Hall–Kier alpha value is -0.870. The summed E-state index contributed by atoms with van der Waals surface area (Å²) in [4.78, 5) is 10.6. The van der Waals surface area contributed by atoms with Gasteiger partial charge in [0.1, 0.15) is 10.9 Å². The zero-order valence-electron chi connectivity index (χ0n) is 11.0. The summed E-state index contributed by atoms with van der Waals surface area (Å²) in [5, 5.41) is 18.4. The number of aliphatic hydroxyl groups excluding tert-OH is 1. The van der Waals surface area contributed by atoms with Gasteiger partial charge in [-0.1, -0.05) is 11.6 Å². The number of aliphatic carboxylic acids is 1. The summed E-state index contributed by atoms with van der Waals surface area (Å²) >= 11 is 8.91. The van der Waals surface area contributed by atoms with Crippen molar-refractivity contribution in [1.29, 1.82) is 0 Å². The summed E-state index contributed by atoms with van der Waals surface area (Å²) in [5.74, 6) is -1.53. The summed E-state index contributed by atoms with van der Waals surface area (Å²) in [6.45, 7) is 1.16. The second-order valence-corrected chi connectivity index (χ2v) is 7.07. The van der Waals surface area contributed by atoms with Crippen molar-refractivity contribution in [3.63, 3.8) is 0 Å². The van der Waals surface area contributed by atoms with Crippen LogP contribution < -0.4 is 9.46 Å². The number of rotatable bonds is 6. The van der Waals surface area contributed by atoms with Crippen LogP contribution in [0.4, 0.5) is 0 Å². The van der Waals surface area contributed by atoms with Gasteiger partial charge >= 0.3 is 5.97 Å². The summed E-state index contributed by atoms with van der Waals surface area (Å²) in [7, 11) is -3.01. The number of hydrogen-bond donors (Lipinski definition) is 3. The van der Waals surface area contributed by atoms with Crippen LogP contribution in [0.1, 0.15) is 6.92 Å². The lowest BCUT2D eigenvalue weighted by molar-refractivity contribution is -0.141. The first kappa shape index (κ1) is 18.2. The summed E-state index contributed by atoms with van der Waals surface area (Å²) in [5.41, 5.74) is 0. The molecule has 1 aromatic carbocycles. The molecule has 0 aliphatic rings. The van der Waals surface area contributed by atoms with E-state index >= 15 is 0 Å². The van der Waals surface area contributed by atoms with Crippen LogP contribution in [0.2, 0.25) is 5.02 Å². The van der Waals surface area contributed by atoms with Gasteiger partial charge in [-0.05, 0) is 35.0 Å². The number of ether oxygens (including phenoxy) is 1. The van der Waals surface area contributed by atoms with Gasteiger partial charge in [0.2, 0.25) is 10.0 Å². The van der Waals surface area contributed by atoms with Crippen LogP contribution in [0, 0.1) is 0 Å². The van der Waals surface area contributed by atoms with E-state index in [1.165, 1.54) is 13.2 Å². The molecular formula is C11H13BrClNO6S. The van der Waals surface area contributed by atoms with Crippen molar-refractivity contribution in [2.75, 3.05) is 7.11 Å². The fraction of sp³-hybridized carbons (Fsp3) is 0.364. The van der Waals surface area contributed by atoms with Crippen LogP contribution in [0.15, 0.2) is 21.5 Å². The Morgan fingerprint density at radius 3 is 2.48 bits per heavy atom. The Balaban J connectivity index is 3.34. The molecule has 1 aromatic rings. The van der Waals surface area contributed by atoms with Crippen molar-refractivity contribution in [2.45, 2.75) is 24.0 Å². The van der Waals surface area contributed by atoms with Gasteiger partial charge in [-0.15, -0.1) is 0 Å². The second kappa shape index (κ2) is 6.93. The Kier molecular flexibility index (Phi) is 6.00. The van der Waals surface area contributed by atoms with E-state index in [0.717, 1.165) is 13.0 Å². The average Bonchev–Trinajstić information content (AvgIpc) is 2.34. The highest BCUT2D eigenvalue weighted by Gasteiger charge is 2.31. The van der Waals surface area contributed by atoms with Crippen molar-refractivity contribution in [1.82, 2.24) is 4.72 Å². The lowest BCUT2D eigenvalue weighted by Gasteiger charge is -2.18. The molecule has 2 atom stereocenters. The quantitative estimate of drug-likeness (QED) is 0.659. The molecule has 0 aliphatic carbocycles. The van der Waals surface area contributed by atoms with Crippen LogP contribution in [-0.2, 0) is 14.8 Å². The van der Waals surface area contributed by atoms with Gasteiger partial charge in [-0.25, -0.2) is 8.42 Å². The van der Waals surface area contributed by atoms with E-state index in [2.05, 4.69) is 15.9 Å². The number of carboxylic acids is 1. The molecule has 0 bridgehead atoms. The Morgan fingerprint density at radius 2 is 2.05 bits per heavy atom. The first-order chi connectivity index (χ1) is 9.60. The maximum absolute atomic E-state index is 12.3. The van der Waals surface area contributed by atoms with Crippen LogP contribution >= 0.6 is 27.5 Å². The molecule has 2 unspecified atom stereocenters. The lowest BCUT2D eigenvalue weighted by atomic mass is 10.2. The zero-order chi connectivity index (χ0) is 16.4. The molecule has 0 aliphatic heterocycles. The van der Waals surface area contributed by atoms with Crippen molar-refractivity contribution >= 4 is 43.5 Å². The van der Waals surface area contributed by atoms with E-state index in [0.29, 0.717) is 4.47 Å². The molecule has 21 heavy (non-hydrogen) atoms. The second-order valence-electron chi connectivity index (χ2n) is 4.10. The van der Waals surface area contributed by atoms with Crippen molar-refractivity contribution in [2.24, 2.45) is 0 Å². The molecular weight excluding hydrogens is 390 g/mol. The molecule has 0 spiro atoms. The third-order valence-electron chi connectivity index (χ3n) is 2.50. The fourth-order valence-corrected chi connectivity index (χ4v) is 4.17. The maximum Gasteiger partial charge on any atom is 0.324 e. The smallest absolute Gasteiger partial charge is 0.324 e. The Bertz CT molecular complexity index is 648. The van der Waals surface area contributed by atoms with E-state index in [9.17, 15) is 18.3 Å². The van der Waals surface area contributed by atoms with E-state index in [-0.39, 0.29) is 15.7 Å². The number of nitrogens with one attached hydrogen (secondary N) is 1. The standard InChI is InChI=1S/C11H13BrClNO6S/c1-5(15)9(11(16)17)14-21(18,19)8-4-6(13)3-7(12)10(8)20-2/h3-5,9,14-15H,1-2H3,(H,16,17). The van der Waals surface area contributed by atoms with Gasteiger partial charge in [-0.2, -0.15) is 4.72 Å². The monoisotopic (exact) mass is 401 g/mol. The number of carboxylic acid groups (broad SMARTS) is 1. The van der Waals surface area contributed by atoms with Crippen molar-refractivity contribution < 1.29 is 28.2 Å². The predicted octanol–water partition coefficient (Wildman–Crippen LogP) is 1.22. The molecule has 0 aromatic heterocycles. The molecule has 0 saturated carbocycles. The van der Waals surface area contributed by atoms with Gasteiger partial charge in [0.25, 0.3) is 0 Å². The van der Waals surface area contributed by atoms with E-state index in [1.807, 2.05) is 4.72 Å². The molecule has 7 nitrogen and oxygen atoms in total. The van der Waals surface area contributed by atoms with Gasteiger partial charge in [0, 0.05) is 5.02 Å². The average molecular weight is 403 g/mol. The molecule has 118 valence electrons. The minimum Gasteiger partial charge on any atom is -0.494 e.